The topological polar surface area (TPSA) is 35.8 Å². The molecular formula is C7H12N2O. The smallest absolute Gasteiger partial charge is 0.0703 e. The summed E-state index contributed by atoms with van der Waals surface area (Å²) >= 11 is 0. The molecule has 10 heavy (non-hydrogen) atoms. The maximum Gasteiger partial charge on any atom is 0.0703 e. The van der Waals surface area contributed by atoms with E-state index in [1.165, 1.54) is 6.21 Å². The molecule has 0 saturated heterocycles. The number of likely N-dealkylation sites (N-methyl/N-ethyl adjacent to an activating group) is 1. The van der Waals surface area contributed by atoms with Crippen molar-refractivity contribution in [3.8, 4) is 0 Å². The zero-order chi connectivity index (χ0) is 7.40. The van der Waals surface area contributed by atoms with Crippen LogP contribution in [0.3, 0.4) is 0 Å². The first kappa shape index (κ1) is 7.28. The zero-order valence-electron chi connectivity index (χ0n) is 6.12. The molecule has 1 heterocycles. The van der Waals surface area contributed by atoms with E-state index in [9.17, 15) is 0 Å². The highest BCUT2D eigenvalue weighted by Gasteiger charge is 2.05. The van der Waals surface area contributed by atoms with Gasteiger partial charge in [-0.25, -0.2) is 0 Å². The summed E-state index contributed by atoms with van der Waals surface area (Å²) in [6.07, 6.45) is 4.65. The molecule has 0 radical (unpaired) electrons. The molecule has 0 saturated carbocycles. The van der Waals surface area contributed by atoms with Crippen LogP contribution in [-0.2, 0) is 0 Å². The van der Waals surface area contributed by atoms with Crippen molar-refractivity contribution in [2.45, 2.75) is 6.42 Å². The van der Waals surface area contributed by atoms with Crippen LogP contribution in [0.2, 0.25) is 0 Å². The predicted octanol–water partition coefficient (Wildman–Crippen LogP) is 0.708. The Morgan fingerprint density at radius 2 is 2.60 bits per heavy atom. The molecule has 3 heteroatoms. The summed E-state index contributed by atoms with van der Waals surface area (Å²) in [5, 5.41) is 11.2. The van der Waals surface area contributed by atoms with E-state index in [1.54, 1.807) is 0 Å². The molecule has 0 amide bonds. The highest BCUT2D eigenvalue weighted by molar-refractivity contribution is 5.78. The van der Waals surface area contributed by atoms with Crippen molar-refractivity contribution >= 4 is 6.21 Å². The second-order valence-corrected chi connectivity index (χ2v) is 2.55. The van der Waals surface area contributed by atoms with Gasteiger partial charge in [0.1, 0.15) is 0 Å². The maximum atomic E-state index is 8.21. The average molecular weight is 140 g/mol. The lowest BCUT2D eigenvalue weighted by atomic mass is 10.1. The van der Waals surface area contributed by atoms with E-state index >= 15 is 0 Å². The number of oxime groups is 1. The van der Waals surface area contributed by atoms with E-state index in [2.05, 4.69) is 23.2 Å². The number of nitrogens with zero attached hydrogens (tertiary/aromatic N) is 2. The fourth-order valence-electron chi connectivity index (χ4n) is 1.09. The van der Waals surface area contributed by atoms with Crippen LogP contribution in [-0.4, -0.2) is 36.5 Å². The Balaban J connectivity index is 2.51. The summed E-state index contributed by atoms with van der Waals surface area (Å²) in [6.45, 7) is 1.99. The van der Waals surface area contributed by atoms with Crippen LogP contribution in [0, 0.1) is 0 Å². The van der Waals surface area contributed by atoms with Gasteiger partial charge < -0.3 is 10.1 Å². The van der Waals surface area contributed by atoms with Crippen LogP contribution in [0.4, 0.5) is 0 Å². The predicted molar refractivity (Wildman–Crippen MR) is 40.5 cm³/mol. The first-order valence-electron chi connectivity index (χ1n) is 3.38. The maximum absolute atomic E-state index is 8.21. The van der Waals surface area contributed by atoms with E-state index in [0.717, 1.165) is 25.1 Å². The minimum absolute atomic E-state index is 0.893. The third-order valence-corrected chi connectivity index (χ3v) is 1.59. The van der Waals surface area contributed by atoms with Crippen LogP contribution >= 0.6 is 0 Å². The average Bonchev–Trinajstić information content (AvgIpc) is 1.88. The Morgan fingerprint density at radius 3 is 3.20 bits per heavy atom. The monoisotopic (exact) mass is 140 g/mol. The van der Waals surface area contributed by atoms with Crippen molar-refractivity contribution < 1.29 is 5.21 Å². The van der Waals surface area contributed by atoms with Crippen molar-refractivity contribution in [2.24, 2.45) is 5.16 Å². The van der Waals surface area contributed by atoms with E-state index in [0.29, 0.717) is 0 Å². The van der Waals surface area contributed by atoms with Gasteiger partial charge in [-0.2, -0.15) is 0 Å². The SMILES string of the molecule is CN1CCC=C(C=NO)C1. The van der Waals surface area contributed by atoms with Crippen LogP contribution < -0.4 is 0 Å². The highest BCUT2D eigenvalue weighted by Crippen LogP contribution is 2.04. The largest absolute Gasteiger partial charge is 0.411 e. The Morgan fingerprint density at radius 1 is 1.80 bits per heavy atom. The quantitative estimate of drug-likeness (QED) is 0.331. The van der Waals surface area contributed by atoms with Gasteiger partial charge in [-0.05, 0) is 19.0 Å². The van der Waals surface area contributed by atoms with Crippen LogP contribution in [0.5, 0.6) is 0 Å². The number of hydrogen-bond acceptors (Lipinski definition) is 3. The van der Waals surface area contributed by atoms with Crippen LogP contribution in [0.25, 0.3) is 0 Å². The molecule has 0 aliphatic carbocycles. The van der Waals surface area contributed by atoms with Crippen molar-refractivity contribution in [3.05, 3.63) is 11.6 Å². The van der Waals surface area contributed by atoms with E-state index in [1.807, 2.05) is 0 Å². The molecule has 0 atom stereocenters. The Bertz CT molecular complexity index is 163. The Labute approximate surface area is 60.6 Å². The zero-order valence-corrected chi connectivity index (χ0v) is 6.12. The van der Waals surface area contributed by atoms with Gasteiger partial charge in [0.15, 0.2) is 0 Å². The second kappa shape index (κ2) is 3.37. The molecular weight excluding hydrogens is 128 g/mol. The van der Waals surface area contributed by atoms with E-state index < -0.39 is 0 Å². The summed E-state index contributed by atoms with van der Waals surface area (Å²) in [5.74, 6) is 0. The molecule has 0 aromatic heterocycles. The van der Waals surface area contributed by atoms with Gasteiger partial charge in [-0.1, -0.05) is 11.2 Å². The molecule has 0 aromatic carbocycles. The lowest BCUT2D eigenvalue weighted by Crippen LogP contribution is -2.25. The normalized spacial score (nSPS) is 21.5. The van der Waals surface area contributed by atoms with Crippen molar-refractivity contribution in [3.63, 3.8) is 0 Å². The molecule has 0 fully saturated rings. The Hall–Kier alpha value is -0.830. The first-order valence-corrected chi connectivity index (χ1v) is 3.38. The lowest BCUT2D eigenvalue weighted by Gasteiger charge is -2.20. The minimum Gasteiger partial charge on any atom is -0.411 e. The van der Waals surface area contributed by atoms with Gasteiger partial charge in [0, 0.05) is 13.1 Å². The summed E-state index contributed by atoms with van der Waals surface area (Å²) in [5.41, 5.74) is 1.09. The lowest BCUT2D eigenvalue weighted by molar-refractivity contribution is 0.319. The molecule has 0 aromatic rings. The first-order chi connectivity index (χ1) is 4.83. The van der Waals surface area contributed by atoms with E-state index in [4.69, 9.17) is 5.21 Å². The van der Waals surface area contributed by atoms with Gasteiger partial charge in [0.05, 0.1) is 6.21 Å². The third kappa shape index (κ3) is 1.84. The molecule has 0 spiro atoms. The van der Waals surface area contributed by atoms with Crippen molar-refractivity contribution in [1.29, 1.82) is 0 Å². The van der Waals surface area contributed by atoms with Crippen LogP contribution in [0.15, 0.2) is 16.8 Å². The molecule has 0 bridgehead atoms. The molecule has 0 unspecified atom stereocenters. The Kier molecular flexibility index (Phi) is 2.45. The van der Waals surface area contributed by atoms with Gasteiger partial charge >= 0.3 is 0 Å². The summed E-state index contributed by atoms with van der Waals surface area (Å²) in [7, 11) is 2.05. The third-order valence-electron chi connectivity index (χ3n) is 1.59. The summed E-state index contributed by atoms with van der Waals surface area (Å²) in [6, 6.07) is 0. The highest BCUT2D eigenvalue weighted by atomic mass is 16.4. The molecule has 3 nitrogen and oxygen atoms in total. The molecule has 1 N–H and O–H groups in total. The summed E-state index contributed by atoms with van der Waals surface area (Å²) in [4.78, 5) is 2.19. The molecule has 1 rings (SSSR count). The van der Waals surface area contributed by atoms with Gasteiger partial charge in [0.2, 0.25) is 0 Å². The van der Waals surface area contributed by atoms with Gasteiger partial charge in [-0.3, -0.25) is 0 Å². The second-order valence-electron chi connectivity index (χ2n) is 2.55. The number of hydrogen-bond donors (Lipinski definition) is 1. The van der Waals surface area contributed by atoms with Gasteiger partial charge in [0.25, 0.3) is 0 Å². The molecule has 1 aliphatic rings. The fraction of sp³-hybridized carbons (Fsp3) is 0.571. The van der Waals surface area contributed by atoms with Crippen molar-refractivity contribution in [1.82, 2.24) is 4.90 Å². The molecule has 1 aliphatic heterocycles. The number of rotatable bonds is 1. The van der Waals surface area contributed by atoms with Crippen LogP contribution in [0.1, 0.15) is 6.42 Å². The van der Waals surface area contributed by atoms with E-state index in [-0.39, 0.29) is 0 Å². The minimum atomic E-state index is 0.893. The fourth-order valence-corrected chi connectivity index (χ4v) is 1.09. The molecule has 56 valence electrons. The standard InChI is InChI=1S/C7H12N2O/c1-9-4-2-3-7(6-9)5-8-10/h3,5,10H,2,4,6H2,1H3. The summed E-state index contributed by atoms with van der Waals surface area (Å²) < 4.78 is 0. The van der Waals surface area contributed by atoms with Crippen molar-refractivity contribution in [2.75, 3.05) is 20.1 Å². The van der Waals surface area contributed by atoms with Gasteiger partial charge in [-0.15, -0.1) is 0 Å².